The van der Waals surface area contributed by atoms with Crippen LogP contribution in [0, 0.1) is 5.92 Å². The van der Waals surface area contributed by atoms with Crippen LogP contribution in [0.2, 0.25) is 0 Å². The van der Waals surface area contributed by atoms with Crippen molar-refractivity contribution in [2.75, 3.05) is 24.5 Å². The lowest BCUT2D eigenvalue weighted by molar-refractivity contribution is 0.416. The fourth-order valence-electron chi connectivity index (χ4n) is 3.74. The first-order valence-corrected chi connectivity index (χ1v) is 8.66. The van der Waals surface area contributed by atoms with Crippen molar-refractivity contribution in [2.24, 2.45) is 5.92 Å². The van der Waals surface area contributed by atoms with Crippen LogP contribution in [0.3, 0.4) is 0 Å². The molecular formula is C19H32N2. The molecule has 1 aromatic carbocycles. The summed E-state index contributed by atoms with van der Waals surface area (Å²) in [5, 5.41) is 3.63. The lowest BCUT2D eigenvalue weighted by Crippen LogP contribution is -2.33. The standard InChI is InChI=1S/C19H32N2/c1-6-19(7-2)14-21(8-3)17-11-9-10-16(18(17)19)13-20-12-15(4)5/h9-11,15,20H,6-8,12-14H2,1-5H3. The van der Waals surface area contributed by atoms with Crippen LogP contribution in [0.1, 0.15) is 58.6 Å². The highest BCUT2D eigenvalue weighted by molar-refractivity contribution is 5.65. The molecule has 0 unspecified atom stereocenters. The molecule has 118 valence electrons. The summed E-state index contributed by atoms with van der Waals surface area (Å²) in [7, 11) is 0. The molecule has 1 aliphatic rings. The molecule has 21 heavy (non-hydrogen) atoms. The zero-order chi connectivity index (χ0) is 15.5. The lowest BCUT2D eigenvalue weighted by atomic mass is 9.75. The maximum absolute atomic E-state index is 3.63. The van der Waals surface area contributed by atoms with Gasteiger partial charge < -0.3 is 10.2 Å². The Morgan fingerprint density at radius 1 is 1.19 bits per heavy atom. The highest BCUT2D eigenvalue weighted by atomic mass is 15.2. The summed E-state index contributed by atoms with van der Waals surface area (Å²) in [5.74, 6) is 0.705. The van der Waals surface area contributed by atoms with Gasteiger partial charge in [-0.1, -0.05) is 39.8 Å². The second-order valence-corrected chi connectivity index (χ2v) is 6.84. The van der Waals surface area contributed by atoms with Gasteiger partial charge in [-0.25, -0.2) is 0 Å². The van der Waals surface area contributed by atoms with E-state index in [1.807, 2.05) is 0 Å². The van der Waals surface area contributed by atoms with Gasteiger partial charge in [-0.15, -0.1) is 0 Å². The van der Waals surface area contributed by atoms with Gasteiger partial charge in [0, 0.05) is 30.7 Å². The molecule has 0 radical (unpaired) electrons. The quantitative estimate of drug-likeness (QED) is 0.803. The molecule has 0 aromatic heterocycles. The Balaban J connectivity index is 2.34. The Hall–Kier alpha value is -1.02. The Morgan fingerprint density at radius 3 is 2.48 bits per heavy atom. The highest BCUT2D eigenvalue weighted by Crippen LogP contribution is 2.46. The van der Waals surface area contributed by atoms with E-state index in [2.05, 4.69) is 63.0 Å². The highest BCUT2D eigenvalue weighted by Gasteiger charge is 2.40. The first-order chi connectivity index (χ1) is 10.1. The number of hydrogen-bond acceptors (Lipinski definition) is 2. The van der Waals surface area contributed by atoms with Crippen molar-refractivity contribution in [2.45, 2.75) is 59.4 Å². The van der Waals surface area contributed by atoms with Crippen LogP contribution in [0.4, 0.5) is 5.69 Å². The first kappa shape index (κ1) is 16.4. The van der Waals surface area contributed by atoms with Gasteiger partial charge in [0.15, 0.2) is 0 Å². The minimum atomic E-state index is 0.349. The third-order valence-corrected chi connectivity index (χ3v) is 5.10. The number of fused-ring (bicyclic) bond motifs is 1. The number of likely N-dealkylation sites (N-methyl/N-ethyl adjacent to an activating group) is 1. The molecule has 1 aromatic rings. The average molecular weight is 288 g/mol. The van der Waals surface area contributed by atoms with Crippen molar-refractivity contribution in [3.05, 3.63) is 29.3 Å². The normalized spacial score (nSPS) is 16.6. The minimum absolute atomic E-state index is 0.349. The van der Waals surface area contributed by atoms with E-state index in [1.54, 1.807) is 5.56 Å². The molecule has 0 saturated carbocycles. The summed E-state index contributed by atoms with van der Waals surface area (Å²) < 4.78 is 0. The summed E-state index contributed by atoms with van der Waals surface area (Å²) >= 11 is 0. The smallest absolute Gasteiger partial charge is 0.0408 e. The number of anilines is 1. The Bertz CT molecular complexity index is 461. The largest absolute Gasteiger partial charge is 0.371 e. The molecule has 0 atom stereocenters. The fourth-order valence-corrected chi connectivity index (χ4v) is 3.74. The second kappa shape index (κ2) is 6.83. The summed E-state index contributed by atoms with van der Waals surface area (Å²) in [5.41, 5.74) is 4.95. The third kappa shape index (κ3) is 3.11. The number of nitrogens with one attached hydrogen (secondary N) is 1. The van der Waals surface area contributed by atoms with Crippen molar-refractivity contribution < 1.29 is 0 Å². The van der Waals surface area contributed by atoms with E-state index >= 15 is 0 Å². The molecule has 1 heterocycles. The van der Waals surface area contributed by atoms with E-state index < -0.39 is 0 Å². The van der Waals surface area contributed by atoms with Gasteiger partial charge in [0.1, 0.15) is 0 Å². The fraction of sp³-hybridized carbons (Fsp3) is 0.684. The van der Waals surface area contributed by atoms with Crippen molar-refractivity contribution in [3.63, 3.8) is 0 Å². The van der Waals surface area contributed by atoms with Gasteiger partial charge in [-0.3, -0.25) is 0 Å². The molecule has 2 rings (SSSR count). The van der Waals surface area contributed by atoms with Crippen molar-refractivity contribution in [3.8, 4) is 0 Å². The Kier molecular flexibility index (Phi) is 5.32. The summed E-state index contributed by atoms with van der Waals surface area (Å²) in [4.78, 5) is 2.56. The molecular weight excluding hydrogens is 256 g/mol. The van der Waals surface area contributed by atoms with E-state index in [-0.39, 0.29) is 0 Å². The monoisotopic (exact) mass is 288 g/mol. The molecule has 2 heteroatoms. The zero-order valence-corrected chi connectivity index (χ0v) is 14.5. The third-order valence-electron chi connectivity index (χ3n) is 5.10. The number of rotatable bonds is 7. The van der Waals surface area contributed by atoms with Crippen LogP contribution in [-0.4, -0.2) is 19.6 Å². The van der Waals surface area contributed by atoms with Gasteiger partial charge in [-0.05, 0) is 49.4 Å². The van der Waals surface area contributed by atoms with Gasteiger partial charge >= 0.3 is 0 Å². The van der Waals surface area contributed by atoms with Crippen LogP contribution in [0.25, 0.3) is 0 Å². The van der Waals surface area contributed by atoms with Gasteiger partial charge in [0.2, 0.25) is 0 Å². The molecule has 0 spiro atoms. The van der Waals surface area contributed by atoms with Crippen molar-refractivity contribution in [1.82, 2.24) is 5.32 Å². The van der Waals surface area contributed by atoms with E-state index in [0.717, 1.165) is 19.6 Å². The topological polar surface area (TPSA) is 15.3 Å². The van der Waals surface area contributed by atoms with Crippen LogP contribution >= 0.6 is 0 Å². The van der Waals surface area contributed by atoms with Crippen LogP contribution in [0.15, 0.2) is 18.2 Å². The van der Waals surface area contributed by atoms with Crippen LogP contribution in [0.5, 0.6) is 0 Å². The molecule has 0 saturated heterocycles. The molecule has 1 N–H and O–H groups in total. The van der Waals surface area contributed by atoms with Gasteiger partial charge in [-0.2, -0.15) is 0 Å². The van der Waals surface area contributed by atoms with Gasteiger partial charge in [0.25, 0.3) is 0 Å². The SMILES string of the molecule is CCN1CC(CC)(CC)c2c(CNCC(C)C)cccc21. The molecule has 2 nitrogen and oxygen atoms in total. The van der Waals surface area contributed by atoms with E-state index in [4.69, 9.17) is 0 Å². The summed E-state index contributed by atoms with van der Waals surface area (Å²) in [6.07, 6.45) is 2.46. The first-order valence-electron chi connectivity index (χ1n) is 8.66. The number of hydrogen-bond donors (Lipinski definition) is 1. The van der Waals surface area contributed by atoms with Crippen molar-refractivity contribution in [1.29, 1.82) is 0 Å². The van der Waals surface area contributed by atoms with E-state index in [9.17, 15) is 0 Å². The number of benzene rings is 1. The predicted molar refractivity (Wildman–Crippen MR) is 93.1 cm³/mol. The number of nitrogens with zero attached hydrogens (tertiary/aromatic N) is 1. The molecule has 0 fully saturated rings. The van der Waals surface area contributed by atoms with Gasteiger partial charge in [0.05, 0.1) is 0 Å². The molecule has 0 aliphatic carbocycles. The predicted octanol–water partition coefficient (Wildman–Crippen LogP) is 4.33. The minimum Gasteiger partial charge on any atom is -0.371 e. The Morgan fingerprint density at radius 2 is 1.90 bits per heavy atom. The molecule has 0 amide bonds. The van der Waals surface area contributed by atoms with Crippen LogP contribution in [-0.2, 0) is 12.0 Å². The maximum Gasteiger partial charge on any atom is 0.0408 e. The van der Waals surface area contributed by atoms with E-state index in [1.165, 1.54) is 30.6 Å². The summed E-state index contributed by atoms with van der Waals surface area (Å²) in [6, 6.07) is 6.87. The molecule has 0 bridgehead atoms. The second-order valence-electron chi connectivity index (χ2n) is 6.84. The molecule has 1 aliphatic heterocycles. The Labute approximate surface area is 130 Å². The lowest BCUT2D eigenvalue weighted by Gasteiger charge is -2.29. The average Bonchev–Trinajstić information content (AvgIpc) is 2.82. The van der Waals surface area contributed by atoms with E-state index in [0.29, 0.717) is 11.3 Å². The summed E-state index contributed by atoms with van der Waals surface area (Å²) in [6.45, 7) is 15.9. The van der Waals surface area contributed by atoms with Crippen LogP contribution < -0.4 is 10.2 Å². The van der Waals surface area contributed by atoms with Crippen molar-refractivity contribution >= 4 is 5.69 Å². The maximum atomic E-state index is 3.63. The zero-order valence-electron chi connectivity index (χ0n) is 14.5.